The minimum atomic E-state index is -3.42. The maximum absolute atomic E-state index is 11.8. The fourth-order valence-electron chi connectivity index (χ4n) is 1.61. The summed E-state index contributed by atoms with van der Waals surface area (Å²) in [4.78, 5) is 0.175. The Morgan fingerprint density at radius 2 is 2.31 bits per heavy atom. The first-order valence-corrected chi connectivity index (χ1v) is 7.14. The summed E-state index contributed by atoms with van der Waals surface area (Å²) < 4.78 is 26.1. The number of hydrogen-bond donors (Lipinski definition) is 2. The maximum Gasteiger partial charge on any atom is 0.243 e. The lowest BCUT2D eigenvalue weighted by atomic mass is 10.1. The van der Waals surface area contributed by atoms with E-state index in [2.05, 4.69) is 14.9 Å². The quantitative estimate of drug-likeness (QED) is 0.755. The molecule has 0 amide bonds. The molecule has 2 rings (SSSR count). The molecule has 1 fully saturated rings. The summed E-state index contributed by atoms with van der Waals surface area (Å²) in [7, 11) is -3.42. The normalized spacial score (nSPS) is 18.6. The zero-order valence-electron chi connectivity index (χ0n) is 8.74. The third-order valence-corrected chi connectivity index (χ3v) is 4.56. The number of sulfonamides is 1. The number of alkyl halides is 1. The summed E-state index contributed by atoms with van der Waals surface area (Å²) in [6.45, 7) is 0.466. The van der Waals surface area contributed by atoms with Crippen molar-refractivity contribution in [2.45, 2.75) is 24.2 Å². The molecule has 1 aromatic heterocycles. The van der Waals surface area contributed by atoms with Crippen LogP contribution in [0, 0.1) is 5.41 Å². The molecule has 0 aliphatic heterocycles. The van der Waals surface area contributed by atoms with Gasteiger partial charge in [-0.1, -0.05) is 0 Å². The topological polar surface area (TPSA) is 74.8 Å². The fraction of sp³-hybridized carbons (Fsp3) is 0.667. The molecule has 0 bridgehead atoms. The van der Waals surface area contributed by atoms with Gasteiger partial charge in [-0.15, -0.1) is 11.6 Å². The second-order valence-electron chi connectivity index (χ2n) is 4.20. The predicted octanol–water partition coefficient (Wildman–Crippen LogP) is 1.10. The number of hydrogen-bond acceptors (Lipinski definition) is 3. The molecule has 7 heteroatoms. The monoisotopic (exact) mass is 263 g/mol. The molecule has 0 unspecified atom stereocenters. The van der Waals surface area contributed by atoms with E-state index in [-0.39, 0.29) is 10.3 Å². The molecule has 1 heterocycles. The first kappa shape index (κ1) is 11.9. The van der Waals surface area contributed by atoms with Crippen LogP contribution in [-0.2, 0) is 10.0 Å². The highest BCUT2D eigenvalue weighted by Crippen LogP contribution is 2.48. The van der Waals surface area contributed by atoms with E-state index >= 15 is 0 Å². The SMILES string of the molecule is O=S(=O)(NCC1(CCCl)CC1)c1cn[nH]c1. The maximum atomic E-state index is 11.8. The van der Waals surface area contributed by atoms with Crippen molar-refractivity contribution in [2.24, 2.45) is 5.41 Å². The number of aromatic nitrogens is 2. The highest BCUT2D eigenvalue weighted by atomic mass is 35.5. The number of aromatic amines is 1. The van der Waals surface area contributed by atoms with Crippen molar-refractivity contribution in [2.75, 3.05) is 12.4 Å². The van der Waals surface area contributed by atoms with E-state index in [0.29, 0.717) is 12.4 Å². The third kappa shape index (κ3) is 2.56. The first-order valence-electron chi connectivity index (χ1n) is 5.12. The number of H-pyrrole nitrogens is 1. The van der Waals surface area contributed by atoms with E-state index < -0.39 is 10.0 Å². The van der Waals surface area contributed by atoms with E-state index in [9.17, 15) is 8.42 Å². The lowest BCUT2D eigenvalue weighted by Gasteiger charge is -2.13. The van der Waals surface area contributed by atoms with Crippen molar-refractivity contribution in [3.63, 3.8) is 0 Å². The van der Waals surface area contributed by atoms with E-state index in [1.165, 1.54) is 12.4 Å². The van der Waals surface area contributed by atoms with Crippen molar-refractivity contribution < 1.29 is 8.42 Å². The van der Waals surface area contributed by atoms with Gasteiger partial charge in [-0.3, -0.25) is 5.10 Å². The summed E-state index contributed by atoms with van der Waals surface area (Å²) in [6.07, 6.45) is 5.62. The van der Waals surface area contributed by atoms with Gasteiger partial charge in [0.15, 0.2) is 0 Å². The summed E-state index contributed by atoms with van der Waals surface area (Å²) in [5.41, 5.74) is 0.0958. The van der Waals surface area contributed by atoms with Crippen molar-refractivity contribution in [1.29, 1.82) is 0 Å². The number of rotatable bonds is 6. The minimum absolute atomic E-state index is 0.0958. The Hall–Kier alpha value is -0.590. The van der Waals surface area contributed by atoms with Crippen LogP contribution in [0.25, 0.3) is 0 Å². The first-order chi connectivity index (χ1) is 7.58. The highest BCUT2D eigenvalue weighted by Gasteiger charge is 2.42. The Balaban J connectivity index is 1.96. The van der Waals surface area contributed by atoms with Gasteiger partial charge in [0.05, 0.1) is 6.20 Å². The molecule has 0 spiro atoms. The van der Waals surface area contributed by atoms with Gasteiger partial charge in [0.1, 0.15) is 4.90 Å². The van der Waals surface area contributed by atoms with Crippen molar-refractivity contribution in [3.05, 3.63) is 12.4 Å². The molecule has 1 aliphatic rings. The van der Waals surface area contributed by atoms with Gasteiger partial charge in [-0.25, -0.2) is 13.1 Å². The van der Waals surface area contributed by atoms with Gasteiger partial charge in [-0.2, -0.15) is 5.10 Å². The average Bonchev–Trinajstić information content (AvgIpc) is 2.81. The fourth-order valence-corrected chi connectivity index (χ4v) is 3.07. The summed E-state index contributed by atoms with van der Waals surface area (Å²) in [5, 5.41) is 6.10. The molecule has 1 aliphatic carbocycles. The molecule has 90 valence electrons. The van der Waals surface area contributed by atoms with Crippen molar-refractivity contribution in [1.82, 2.24) is 14.9 Å². The van der Waals surface area contributed by atoms with Crippen LogP contribution in [0.15, 0.2) is 17.3 Å². The smallest absolute Gasteiger partial charge is 0.243 e. The number of nitrogens with one attached hydrogen (secondary N) is 2. The summed E-state index contributed by atoms with van der Waals surface area (Å²) in [6, 6.07) is 0. The van der Waals surface area contributed by atoms with Crippen LogP contribution in [-0.4, -0.2) is 31.0 Å². The van der Waals surface area contributed by atoms with E-state index in [1.54, 1.807) is 0 Å². The van der Waals surface area contributed by atoms with Crippen molar-refractivity contribution in [3.8, 4) is 0 Å². The highest BCUT2D eigenvalue weighted by molar-refractivity contribution is 7.89. The van der Waals surface area contributed by atoms with Gasteiger partial charge >= 0.3 is 0 Å². The van der Waals surface area contributed by atoms with Gasteiger partial charge < -0.3 is 0 Å². The van der Waals surface area contributed by atoms with Crippen molar-refractivity contribution >= 4 is 21.6 Å². The standard InChI is InChI=1S/C9H14ClN3O2S/c10-4-3-9(1-2-9)7-13-16(14,15)8-5-11-12-6-8/h5-6,13H,1-4,7H2,(H,11,12). The molecule has 16 heavy (non-hydrogen) atoms. The zero-order chi connectivity index (χ0) is 11.6. The van der Waals surface area contributed by atoms with Crippen LogP contribution in [0.4, 0.5) is 0 Å². The molecule has 5 nitrogen and oxygen atoms in total. The molecule has 0 saturated heterocycles. The van der Waals surface area contributed by atoms with Crippen LogP contribution in [0.2, 0.25) is 0 Å². The molecule has 2 N–H and O–H groups in total. The molecular formula is C9H14ClN3O2S. The van der Waals surface area contributed by atoms with Gasteiger partial charge in [0.2, 0.25) is 10.0 Å². The molecule has 1 saturated carbocycles. The van der Waals surface area contributed by atoms with Gasteiger partial charge in [0, 0.05) is 18.6 Å². The second kappa shape index (κ2) is 4.35. The number of halogens is 1. The van der Waals surface area contributed by atoms with Crippen LogP contribution in [0.5, 0.6) is 0 Å². The molecule has 1 aromatic rings. The van der Waals surface area contributed by atoms with Crippen LogP contribution in [0.3, 0.4) is 0 Å². The van der Waals surface area contributed by atoms with Crippen LogP contribution < -0.4 is 4.72 Å². The van der Waals surface area contributed by atoms with E-state index in [4.69, 9.17) is 11.6 Å². The number of nitrogens with zero attached hydrogens (tertiary/aromatic N) is 1. The Bertz CT molecular complexity index is 439. The molecular weight excluding hydrogens is 250 g/mol. The second-order valence-corrected chi connectivity index (χ2v) is 6.34. The Morgan fingerprint density at radius 3 is 2.81 bits per heavy atom. The summed E-state index contributed by atoms with van der Waals surface area (Å²) in [5.74, 6) is 0.577. The Morgan fingerprint density at radius 1 is 1.56 bits per heavy atom. The lowest BCUT2D eigenvalue weighted by Crippen LogP contribution is -2.30. The molecule has 0 aromatic carbocycles. The van der Waals surface area contributed by atoms with E-state index in [0.717, 1.165) is 19.3 Å². The molecule has 0 atom stereocenters. The van der Waals surface area contributed by atoms with Crippen LogP contribution in [0.1, 0.15) is 19.3 Å². The van der Waals surface area contributed by atoms with E-state index in [1.807, 2.05) is 0 Å². The predicted molar refractivity (Wildman–Crippen MR) is 60.8 cm³/mol. The zero-order valence-corrected chi connectivity index (χ0v) is 10.3. The summed E-state index contributed by atoms with van der Waals surface area (Å²) >= 11 is 5.68. The lowest BCUT2D eigenvalue weighted by molar-refractivity contribution is 0.478. The Labute approximate surface area is 99.6 Å². The third-order valence-electron chi connectivity index (χ3n) is 3.00. The van der Waals surface area contributed by atoms with Gasteiger partial charge in [-0.05, 0) is 24.7 Å². The Kier molecular flexibility index (Phi) is 3.23. The minimum Gasteiger partial charge on any atom is -0.284 e. The van der Waals surface area contributed by atoms with Crippen LogP contribution >= 0.6 is 11.6 Å². The largest absolute Gasteiger partial charge is 0.284 e. The van der Waals surface area contributed by atoms with Gasteiger partial charge in [0.25, 0.3) is 0 Å². The average molecular weight is 264 g/mol. The molecule has 0 radical (unpaired) electrons.